The van der Waals surface area contributed by atoms with E-state index in [-0.39, 0.29) is 10.6 Å². The molecule has 0 amide bonds. The molecule has 0 bridgehead atoms. The summed E-state index contributed by atoms with van der Waals surface area (Å²) >= 11 is 3.10. The summed E-state index contributed by atoms with van der Waals surface area (Å²) in [6.45, 7) is 0. The van der Waals surface area contributed by atoms with E-state index < -0.39 is 5.97 Å². The molecule has 1 aromatic heterocycles. The Bertz CT molecular complexity index is 518. The van der Waals surface area contributed by atoms with Crippen LogP contribution in [0, 0.1) is 3.57 Å². The minimum atomic E-state index is -0.958. The molecule has 0 spiro atoms. The summed E-state index contributed by atoms with van der Waals surface area (Å²) in [6.07, 6.45) is 0. The van der Waals surface area contributed by atoms with Crippen LogP contribution in [-0.2, 0) is 0 Å². The molecule has 0 aliphatic carbocycles. The highest BCUT2D eigenvalue weighted by molar-refractivity contribution is 14.1. The molecule has 2 aromatic rings. The molecule has 0 saturated carbocycles. The lowest BCUT2D eigenvalue weighted by atomic mass is 10.2. The monoisotopic (exact) mass is 320 g/mol. The van der Waals surface area contributed by atoms with Crippen LogP contribution in [0.5, 0.6) is 5.75 Å². The Labute approximate surface area is 97.1 Å². The lowest BCUT2D eigenvalue weighted by Gasteiger charge is -1.96. The molecule has 14 heavy (non-hydrogen) atoms. The number of rotatable bonds is 1. The summed E-state index contributed by atoms with van der Waals surface area (Å²) in [5.74, 6) is -0.791. The highest BCUT2D eigenvalue weighted by atomic mass is 127. The largest absolute Gasteiger partial charge is 0.505 e. The highest BCUT2D eigenvalue weighted by Gasteiger charge is 2.12. The Morgan fingerprint density at radius 2 is 2.14 bits per heavy atom. The molecular formula is C9H5IO3S. The summed E-state index contributed by atoms with van der Waals surface area (Å²) in [4.78, 5) is 10.9. The van der Waals surface area contributed by atoms with Gasteiger partial charge in [-0.05, 0) is 40.1 Å². The standard InChI is InChI=1S/C9H5IO3S/c10-5-2-1-4-3-6(9(12)13)14-8(4)7(5)11/h1-3,11H,(H,12,13). The molecule has 0 aliphatic heterocycles. The number of phenolic OH excluding ortho intramolecular Hbond substituents is 1. The number of carboxylic acids is 1. The number of aromatic hydroxyl groups is 1. The Balaban J connectivity index is 2.77. The molecule has 3 nitrogen and oxygen atoms in total. The molecular weight excluding hydrogens is 315 g/mol. The average molecular weight is 320 g/mol. The maximum atomic E-state index is 10.7. The highest BCUT2D eigenvalue weighted by Crippen LogP contribution is 2.35. The van der Waals surface area contributed by atoms with Gasteiger partial charge in [-0.2, -0.15) is 0 Å². The third-order valence-electron chi connectivity index (χ3n) is 1.82. The normalized spacial score (nSPS) is 10.6. The second-order valence-electron chi connectivity index (χ2n) is 2.73. The summed E-state index contributed by atoms with van der Waals surface area (Å²) in [6, 6.07) is 5.13. The molecule has 1 aromatic carbocycles. The van der Waals surface area contributed by atoms with Crippen molar-refractivity contribution in [3.63, 3.8) is 0 Å². The zero-order valence-electron chi connectivity index (χ0n) is 6.82. The summed E-state index contributed by atoms with van der Waals surface area (Å²) < 4.78 is 1.36. The van der Waals surface area contributed by atoms with Crippen LogP contribution in [0.2, 0.25) is 0 Å². The van der Waals surface area contributed by atoms with Crippen LogP contribution in [0.25, 0.3) is 10.1 Å². The van der Waals surface area contributed by atoms with Crippen LogP contribution < -0.4 is 0 Å². The molecule has 0 unspecified atom stereocenters. The molecule has 5 heteroatoms. The second-order valence-corrected chi connectivity index (χ2v) is 4.94. The average Bonchev–Trinajstić information content (AvgIpc) is 2.56. The smallest absolute Gasteiger partial charge is 0.345 e. The van der Waals surface area contributed by atoms with E-state index in [1.54, 1.807) is 18.2 Å². The van der Waals surface area contributed by atoms with Gasteiger partial charge >= 0.3 is 5.97 Å². The van der Waals surface area contributed by atoms with Crippen molar-refractivity contribution in [1.29, 1.82) is 0 Å². The molecule has 0 saturated heterocycles. The van der Waals surface area contributed by atoms with Gasteiger partial charge < -0.3 is 10.2 Å². The number of carbonyl (C=O) groups is 1. The SMILES string of the molecule is O=C(O)c1cc2ccc(I)c(O)c2s1. The van der Waals surface area contributed by atoms with Crippen molar-refractivity contribution in [2.75, 3.05) is 0 Å². The predicted octanol–water partition coefficient (Wildman–Crippen LogP) is 2.91. The summed E-state index contributed by atoms with van der Waals surface area (Å²) in [5, 5.41) is 19.2. The number of hydrogen-bond donors (Lipinski definition) is 2. The molecule has 2 rings (SSSR count). The van der Waals surface area contributed by atoms with E-state index in [4.69, 9.17) is 5.11 Å². The van der Waals surface area contributed by atoms with Gasteiger partial charge in [-0.15, -0.1) is 11.3 Å². The van der Waals surface area contributed by atoms with E-state index in [2.05, 4.69) is 0 Å². The fraction of sp³-hybridized carbons (Fsp3) is 0. The van der Waals surface area contributed by atoms with Crippen molar-refractivity contribution in [2.24, 2.45) is 0 Å². The number of halogens is 1. The Kier molecular flexibility index (Phi) is 2.36. The van der Waals surface area contributed by atoms with Crippen molar-refractivity contribution in [2.45, 2.75) is 0 Å². The molecule has 0 radical (unpaired) electrons. The van der Waals surface area contributed by atoms with Crippen molar-refractivity contribution in [3.05, 3.63) is 26.6 Å². The lowest BCUT2D eigenvalue weighted by molar-refractivity contribution is 0.0702. The van der Waals surface area contributed by atoms with E-state index in [1.165, 1.54) is 0 Å². The number of phenols is 1. The quantitative estimate of drug-likeness (QED) is 0.795. The van der Waals surface area contributed by atoms with Crippen LogP contribution >= 0.6 is 33.9 Å². The van der Waals surface area contributed by atoms with E-state index in [0.29, 0.717) is 4.70 Å². The van der Waals surface area contributed by atoms with Crippen LogP contribution in [0.15, 0.2) is 18.2 Å². The number of carboxylic acid groups (broad SMARTS) is 1. The maximum Gasteiger partial charge on any atom is 0.345 e. The van der Waals surface area contributed by atoms with Crippen LogP contribution in [0.3, 0.4) is 0 Å². The van der Waals surface area contributed by atoms with Gasteiger partial charge in [-0.1, -0.05) is 6.07 Å². The van der Waals surface area contributed by atoms with Gasteiger partial charge in [0.25, 0.3) is 0 Å². The molecule has 2 N–H and O–H groups in total. The van der Waals surface area contributed by atoms with E-state index in [9.17, 15) is 9.90 Å². The third kappa shape index (κ3) is 1.46. The van der Waals surface area contributed by atoms with Crippen molar-refractivity contribution in [3.8, 4) is 5.75 Å². The van der Waals surface area contributed by atoms with Crippen molar-refractivity contribution in [1.82, 2.24) is 0 Å². The summed E-state index contributed by atoms with van der Waals surface area (Å²) in [5.41, 5.74) is 0. The molecule has 1 heterocycles. The van der Waals surface area contributed by atoms with Gasteiger partial charge in [0, 0.05) is 0 Å². The number of fused-ring (bicyclic) bond motifs is 1. The Morgan fingerprint density at radius 3 is 2.79 bits per heavy atom. The van der Waals surface area contributed by atoms with Gasteiger partial charge in [0.1, 0.15) is 10.6 Å². The second kappa shape index (κ2) is 3.39. The molecule has 0 fully saturated rings. The number of benzene rings is 1. The van der Waals surface area contributed by atoms with Gasteiger partial charge in [0.15, 0.2) is 0 Å². The zero-order valence-corrected chi connectivity index (χ0v) is 9.79. The molecule has 0 aliphatic rings. The number of hydrogen-bond acceptors (Lipinski definition) is 3. The van der Waals surface area contributed by atoms with Gasteiger partial charge in [0.2, 0.25) is 0 Å². The van der Waals surface area contributed by atoms with E-state index in [0.717, 1.165) is 20.3 Å². The zero-order chi connectivity index (χ0) is 10.3. The van der Waals surface area contributed by atoms with Gasteiger partial charge in [-0.3, -0.25) is 0 Å². The number of aromatic carboxylic acids is 1. The number of thiophene rings is 1. The Morgan fingerprint density at radius 1 is 1.43 bits per heavy atom. The third-order valence-corrected chi connectivity index (χ3v) is 3.84. The van der Waals surface area contributed by atoms with E-state index >= 15 is 0 Å². The minimum Gasteiger partial charge on any atom is -0.505 e. The topological polar surface area (TPSA) is 57.5 Å². The van der Waals surface area contributed by atoms with Crippen molar-refractivity contribution < 1.29 is 15.0 Å². The lowest BCUT2D eigenvalue weighted by Crippen LogP contribution is -1.89. The first-order valence-corrected chi connectivity index (χ1v) is 5.63. The van der Waals surface area contributed by atoms with Gasteiger partial charge in [-0.25, -0.2) is 4.79 Å². The maximum absolute atomic E-state index is 10.7. The first-order chi connectivity index (χ1) is 6.59. The molecule has 72 valence electrons. The first-order valence-electron chi connectivity index (χ1n) is 3.74. The van der Waals surface area contributed by atoms with Crippen LogP contribution in [-0.4, -0.2) is 16.2 Å². The van der Waals surface area contributed by atoms with Gasteiger partial charge in [0.05, 0.1) is 8.27 Å². The minimum absolute atomic E-state index is 0.167. The first kappa shape index (κ1) is 9.72. The fourth-order valence-electron chi connectivity index (χ4n) is 1.17. The van der Waals surface area contributed by atoms with Crippen LogP contribution in [0.4, 0.5) is 0 Å². The molecule has 0 atom stereocenters. The van der Waals surface area contributed by atoms with Crippen molar-refractivity contribution >= 4 is 50.0 Å². The Hall–Kier alpha value is -0.820. The predicted molar refractivity (Wildman–Crippen MR) is 63.2 cm³/mol. The fourth-order valence-corrected chi connectivity index (χ4v) is 2.75. The van der Waals surface area contributed by atoms with E-state index in [1.807, 2.05) is 22.6 Å². The summed E-state index contributed by atoms with van der Waals surface area (Å²) in [7, 11) is 0. The van der Waals surface area contributed by atoms with Crippen LogP contribution in [0.1, 0.15) is 9.67 Å².